The standard InChI is InChI=1S/C13H25N3O2.C2H6/c1-14(2)12(17)16-8-5-13(6-9-16)11-15(3)7-4-10-18-13;1-2/h4-11H2,1-3H3;1-2H3. The summed E-state index contributed by atoms with van der Waals surface area (Å²) in [4.78, 5) is 17.8. The Bertz CT molecular complexity index is 299. The van der Waals surface area contributed by atoms with Crippen LogP contribution >= 0.6 is 0 Å². The summed E-state index contributed by atoms with van der Waals surface area (Å²) in [6.07, 6.45) is 3.02. The molecule has 1 spiro atoms. The van der Waals surface area contributed by atoms with Crippen molar-refractivity contribution in [1.29, 1.82) is 0 Å². The van der Waals surface area contributed by atoms with Gasteiger partial charge in [-0.25, -0.2) is 4.79 Å². The Labute approximate surface area is 123 Å². The van der Waals surface area contributed by atoms with Gasteiger partial charge < -0.3 is 19.4 Å². The average Bonchev–Trinajstić information content (AvgIpc) is 2.63. The minimum absolute atomic E-state index is 0.0195. The molecular formula is C15H31N3O2. The molecule has 5 heteroatoms. The van der Waals surface area contributed by atoms with E-state index < -0.39 is 0 Å². The van der Waals surface area contributed by atoms with E-state index in [0.717, 1.165) is 52.0 Å². The van der Waals surface area contributed by atoms with Gasteiger partial charge in [0.2, 0.25) is 0 Å². The monoisotopic (exact) mass is 285 g/mol. The van der Waals surface area contributed by atoms with Gasteiger partial charge >= 0.3 is 6.03 Å². The topological polar surface area (TPSA) is 36.0 Å². The highest BCUT2D eigenvalue weighted by Crippen LogP contribution is 2.29. The SMILES string of the molecule is CC.CN1CCCOC2(CCN(C(=O)N(C)C)CC2)C1. The van der Waals surface area contributed by atoms with Crippen molar-refractivity contribution >= 4 is 6.03 Å². The zero-order valence-corrected chi connectivity index (χ0v) is 13.8. The lowest BCUT2D eigenvalue weighted by Crippen LogP contribution is -2.53. The fourth-order valence-corrected chi connectivity index (χ4v) is 2.93. The van der Waals surface area contributed by atoms with Crippen LogP contribution in [0.1, 0.15) is 33.1 Å². The Morgan fingerprint density at radius 3 is 2.30 bits per heavy atom. The summed E-state index contributed by atoms with van der Waals surface area (Å²) in [5, 5.41) is 0. The number of nitrogens with zero attached hydrogens (tertiary/aromatic N) is 3. The number of hydrogen-bond acceptors (Lipinski definition) is 3. The van der Waals surface area contributed by atoms with E-state index in [1.165, 1.54) is 0 Å². The third-order valence-corrected chi connectivity index (χ3v) is 3.98. The number of urea groups is 1. The first-order valence-electron chi connectivity index (χ1n) is 7.81. The molecule has 2 heterocycles. The number of likely N-dealkylation sites (N-methyl/N-ethyl adjacent to an activating group) is 1. The maximum Gasteiger partial charge on any atom is 0.319 e. The molecule has 0 aliphatic carbocycles. The van der Waals surface area contributed by atoms with E-state index >= 15 is 0 Å². The third-order valence-electron chi connectivity index (χ3n) is 3.98. The van der Waals surface area contributed by atoms with E-state index in [2.05, 4.69) is 11.9 Å². The molecule has 0 N–H and O–H groups in total. The molecule has 2 amide bonds. The Kier molecular flexibility index (Phi) is 6.76. The Morgan fingerprint density at radius 1 is 1.15 bits per heavy atom. The molecule has 118 valence electrons. The second-order valence-corrected chi connectivity index (χ2v) is 5.79. The van der Waals surface area contributed by atoms with Crippen molar-refractivity contribution in [2.75, 3.05) is 53.9 Å². The molecule has 2 saturated heterocycles. The van der Waals surface area contributed by atoms with Gasteiger partial charge in [-0.1, -0.05) is 13.8 Å². The molecule has 0 aromatic heterocycles. The summed E-state index contributed by atoms with van der Waals surface area (Å²) >= 11 is 0. The van der Waals surface area contributed by atoms with Gasteiger partial charge in [0.1, 0.15) is 0 Å². The molecule has 2 fully saturated rings. The second-order valence-electron chi connectivity index (χ2n) is 5.79. The van der Waals surface area contributed by atoms with Crippen LogP contribution in [-0.2, 0) is 4.74 Å². The molecule has 2 aliphatic rings. The van der Waals surface area contributed by atoms with Gasteiger partial charge in [-0.15, -0.1) is 0 Å². The fourth-order valence-electron chi connectivity index (χ4n) is 2.93. The van der Waals surface area contributed by atoms with Gasteiger partial charge in [-0.3, -0.25) is 0 Å². The lowest BCUT2D eigenvalue weighted by molar-refractivity contribution is -0.0776. The van der Waals surface area contributed by atoms with E-state index in [9.17, 15) is 4.79 Å². The summed E-state index contributed by atoms with van der Waals surface area (Å²) in [6, 6.07) is 0.117. The van der Waals surface area contributed by atoms with Gasteiger partial charge in [0.05, 0.1) is 5.60 Å². The predicted molar refractivity (Wildman–Crippen MR) is 82.0 cm³/mol. The minimum Gasteiger partial charge on any atom is -0.373 e. The molecule has 0 unspecified atom stereocenters. The number of amides is 2. The first kappa shape index (κ1) is 17.2. The number of carbonyl (C=O) groups is 1. The maximum atomic E-state index is 11.9. The van der Waals surface area contributed by atoms with Crippen molar-refractivity contribution in [3.8, 4) is 0 Å². The highest BCUT2D eigenvalue weighted by molar-refractivity contribution is 5.73. The van der Waals surface area contributed by atoms with Gasteiger partial charge in [-0.2, -0.15) is 0 Å². The largest absolute Gasteiger partial charge is 0.373 e. The van der Waals surface area contributed by atoms with E-state index in [0.29, 0.717) is 0 Å². The van der Waals surface area contributed by atoms with Crippen LogP contribution in [0.4, 0.5) is 4.79 Å². The zero-order valence-electron chi connectivity index (χ0n) is 13.8. The number of carbonyl (C=O) groups excluding carboxylic acids is 1. The Morgan fingerprint density at radius 2 is 1.75 bits per heavy atom. The number of likely N-dealkylation sites (tertiary alicyclic amines) is 1. The summed E-state index contributed by atoms with van der Waals surface area (Å²) in [5.41, 5.74) is -0.0195. The maximum absolute atomic E-state index is 11.9. The first-order chi connectivity index (χ1) is 9.52. The van der Waals surface area contributed by atoms with Gasteiger partial charge in [0.15, 0.2) is 0 Å². The van der Waals surface area contributed by atoms with E-state index in [1.807, 2.05) is 32.8 Å². The normalized spacial score (nSPS) is 22.8. The van der Waals surface area contributed by atoms with Crippen LogP contribution in [0.3, 0.4) is 0 Å². The lowest BCUT2D eigenvalue weighted by Gasteiger charge is -2.42. The van der Waals surface area contributed by atoms with Crippen LogP contribution in [0.25, 0.3) is 0 Å². The van der Waals surface area contributed by atoms with Crippen molar-refractivity contribution < 1.29 is 9.53 Å². The second kappa shape index (κ2) is 7.84. The number of hydrogen-bond donors (Lipinski definition) is 0. The van der Waals surface area contributed by atoms with E-state index in [4.69, 9.17) is 4.74 Å². The summed E-state index contributed by atoms with van der Waals surface area (Å²) in [6.45, 7) is 8.58. The van der Waals surface area contributed by atoms with Crippen molar-refractivity contribution in [3.05, 3.63) is 0 Å². The van der Waals surface area contributed by atoms with Gasteiger partial charge in [0, 0.05) is 46.9 Å². The Hall–Kier alpha value is -0.810. The smallest absolute Gasteiger partial charge is 0.319 e. The van der Waals surface area contributed by atoms with Crippen molar-refractivity contribution in [2.24, 2.45) is 0 Å². The summed E-state index contributed by atoms with van der Waals surface area (Å²) in [5.74, 6) is 0. The molecule has 2 rings (SSSR count). The predicted octanol–water partition coefficient (Wildman–Crippen LogP) is 1.88. The zero-order chi connectivity index (χ0) is 15.2. The fraction of sp³-hybridized carbons (Fsp3) is 0.933. The van der Waals surface area contributed by atoms with Gasteiger partial charge in [0.25, 0.3) is 0 Å². The van der Waals surface area contributed by atoms with Crippen LogP contribution < -0.4 is 0 Å². The molecule has 2 aliphatic heterocycles. The molecule has 0 aromatic carbocycles. The Balaban J connectivity index is 0.000000956. The van der Waals surface area contributed by atoms with Crippen LogP contribution in [0.15, 0.2) is 0 Å². The lowest BCUT2D eigenvalue weighted by atomic mass is 9.90. The molecular weight excluding hydrogens is 254 g/mol. The van der Waals surface area contributed by atoms with Crippen molar-refractivity contribution in [2.45, 2.75) is 38.7 Å². The molecule has 0 bridgehead atoms. The summed E-state index contributed by atoms with van der Waals surface area (Å²) < 4.78 is 6.10. The van der Waals surface area contributed by atoms with Crippen molar-refractivity contribution in [3.63, 3.8) is 0 Å². The van der Waals surface area contributed by atoms with E-state index in [1.54, 1.807) is 4.90 Å². The van der Waals surface area contributed by atoms with Crippen LogP contribution in [0.2, 0.25) is 0 Å². The van der Waals surface area contributed by atoms with Gasteiger partial charge in [-0.05, 0) is 26.3 Å². The molecule has 0 atom stereocenters. The number of piperidine rings is 1. The number of rotatable bonds is 0. The third kappa shape index (κ3) is 4.35. The summed E-state index contributed by atoms with van der Waals surface area (Å²) in [7, 11) is 5.78. The first-order valence-corrected chi connectivity index (χ1v) is 7.81. The van der Waals surface area contributed by atoms with Crippen LogP contribution in [0, 0.1) is 0 Å². The molecule has 20 heavy (non-hydrogen) atoms. The average molecular weight is 285 g/mol. The molecule has 0 radical (unpaired) electrons. The van der Waals surface area contributed by atoms with E-state index in [-0.39, 0.29) is 11.6 Å². The minimum atomic E-state index is -0.0195. The van der Waals surface area contributed by atoms with Crippen molar-refractivity contribution in [1.82, 2.24) is 14.7 Å². The molecule has 0 aromatic rings. The van der Waals surface area contributed by atoms with Crippen LogP contribution in [-0.4, -0.2) is 80.3 Å². The quantitative estimate of drug-likeness (QED) is 0.682. The van der Waals surface area contributed by atoms with Crippen LogP contribution in [0.5, 0.6) is 0 Å². The highest BCUT2D eigenvalue weighted by Gasteiger charge is 2.38. The molecule has 0 saturated carbocycles. The number of ether oxygens (including phenoxy) is 1. The molecule has 5 nitrogen and oxygen atoms in total. The highest BCUT2D eigenvalue weighted by atomic mass is 16.5.